The maximum atomic E-state index is 15.1. The number of benzene rings is 2. The molecular weight excluding hydrogens is 731 g/mol. The molecule has 7 rings (SSSR count). The number of ether oxygens (including phenoxy) is 2. The Labute approximate surface area is 278 Å². The highest BCUT2D eigenvalue weighted by Crippen LogP contribution is 2.40. The van der Waals surface area contributed by atoms with E-state index in [0.717, 1.165) is 17.3 Å². The molecule has 5 aromatic rings. The molecule has 0 radical (unpaired) electrons. The number of aliphatic hydroxyl groups excluding tert-OH is 1. The van der Waals surface area contributed by atoms with E-state index < -0.39 is 46.9 Å². The van der Waals surface area contributed by atoms with Gasteiger partial charge < -0.3 is 19.5 Å². The number of anilines is 1. The van der Waals surface area contributed by atoms with E-state index in [2.05, 4.69) is 48.0 Å². The number of nitrogens with zero attached hydrogens (tertiary/aromatic N) is 8. The second kappa shape index (κ2) is 12.4. The van der Waals surface area contributed by atoms with Gasteiger partial charge in [-0.3, -0.25) is 14.3 Å². The van der Waals surface area contributed by atoms with Gasteiger partial charge >= 0.3 is 5.69 Å². The number of hydrogen-bond donors (Lipinski definition) is 2. The monoisotopic (exact) mass is 759 g/mol. The van der Waals surface area contributed by atoms with Crippen molar-refractivity contribution in [1.82, 2.24) is 39.3 Å². The fourth-order valence-electron chi connectivity index (χ4n) is 6.17. The first kappa shape index (κ1) is 31.3. The van der Waals surface area contributed by atoms with Gasteiger partial charge in [0, 0.05) is 41.1 Å². The average Bonchev–Trinajstić information content (AvgIpc) is 3.86. The van der Waals surface area contributed by atoms with E-state index in [1.54, 1.807) is 16.3 Å². The van der Waals surface area contributed by atoms with Gasteiger partial charge in [0.2, 0.25) is 0 Å². The van der Waals surface area contributed by atoms with Crippen molar-refractivity contribution < 1.29 is 23.4 Å². The first-order chi connectivity index (χ1) is 22.7. The minimum absolute atomic E-state index is 0.126. The molecule has 2 aliphatic rings. The molecule has 0 amide bonds. The molecule has 0 bridgehead atoms. The molecule has 4 unspecified atom stereocenters. The number of aryl methyl sites for hydroxylation is 1. The summed E-state index contributed by atoms with van der Waals surface area (Å²) < 4.78 is 46.5. The van der Waals surface area contributed by atoms with Crippen LogP contribution in [0.3, 0.4) is 0 Å². The normalized spacial score (nSPS) is 22.7. The highest BCUT2D eigenvalue weighted by Gasteiger charge is 2.44. The maximum Gasteiger partial charge on any atom is 0.330 e. The first-order valence-corrected chi connectivity index (χ1v) is 15.7. The lowest BCUT2D eigenvalue weighted by Gasteiger charge is -2.29. The molecule has 5 heterocycles. The Balaban J connectivity index is 1.16. The number of rotatable bonds is 8. The fraction of sp³-hybridized carbons (Fsp3) is 0.333. The molecule has 17 heteroatoms. The van der Waals surface area contributed by atoms with Gasteiger partial charge in [0.25, 0.3) is 5.56 Å². The molecule has 3 aromatic heterocycles. The minimum Gasteiger partial charge on any atom is -0.394 e. The van der Waals surface area contributed by atoms with Crippen LogP contribution in [0.25, 0.3) is 11.3 Å². The summed E-state index contributed by atoms with van der Waals surface area (Å²) in [4.78, 5) is 32.6. The van der Waals surface area contributed by atoms with Crippen LogP contribution >= 0.6 is 22.6 Å². The molecule has 2 aliphatic heterocycles. The number of aromatic nitrogens is 8. The van der Waals surface area contributed by atoms with Crippen molar-refractivity contribution in [2.45, 2.75) is 43.9 Å². The standard InChI is InChI=1S/C30H28F2IN9O5/c1-17-10-41(29(45)36-28(17)44)25-9-23(24(11-43)47-25)42-27(33)26(37-38-42)18-3-2-4-20(7-18)39-12-30(46-16-39,13-40-15-34-14-35-40)21-6-5-19(31)8-22(21)32/h2-8,10,14-15,23-25,43H,9,11-13,16H2,1H3,(H,36,44,45). The van der Waals surface area contributed by atoms with Crippen molar-refractivity contribution >= 4 is 28.3 Å². The van der Waals surface area contributed by atoms with Gasteiger partial charge in [-0.2, -0.15) is 5.10 Å². The largest absolute Gasteiger partial charge is 0.394 e. The van der Waals surface area contributed by atoms with Crippen molar-refractivity contribution in [3.8, 4) is 11.3 Å². The summed E-state index contributed by atoms with van der Waals surface area (Å²) in [5.41, 5.74) is 0.432. The molecule has 2 saturated heterocycles. The summed E-state index contributed by atoms with van der Waals surface area (Å²) in [5, 5.41) is 23.2. The minimum atomic E-state index is -1.18. The molecule has 2 aromatic carbocycles. The van der Waals surface area contributed by atoms with Crippen LogP contribution in [0.1, 0.15) is 29.8 Å². The molecule has 4 atom stereocenters. The van der Waals surface area contributed by atoms with E-state index in [9.17, 15) is 19.1 Å². The molecule has 0 saturated carbocycles. The van der Waals surface area contributed by atoms with E-state index in [-0.39, 0.29) is 32.0 Å². The van der Waals surface area contributed by atoms with Gasteiger partial charge in [-0.25, -0.2) is 27.9 Å². The van der Waals surface area contributed by atoms with Crippen molar-refractivity contribution in [3.05, 3.63) is 109 Å². The Morgan fingerprint density at radius 3 is 2.81 bits per heavy atom. The van der Waals surface area contributed by atoms with Gasteiger partial charge in [-0.05, 0) is 47.7 Å². The number of aliphatic hydroxyl groups is 1. The van der Waals surface area contributed by atoms with E-state index in [1.807, 2.05) is 29.2 Å². The fourth-order valence-corrected chi connectivity index (χ4v) is 7.05. The summed E-state index contributed by atoms with van der Waals surface area (Å²) in [5.74, 6) is -1.40. The average molecular weight is 760 g/mol. The predicted octanol–water partition coefficient (Wildman–Crippen LogP) is 2.49. The molecule has 244 valence electrons. The van der Waals surface area contributed by atoms with Gasteiger partial charge in [0.05, 0.1) is 25.7 Å². The Morgan fingerprint density at radius 2 is 2.04 bits per heavy atom. The van der Waals surface area contributed by atoms with Crippen molar-refractivity contribution in [1.29, 1.82) is 0 Å². The number of nitrogens with one attached hydrogen (secondary N) is 1. The summed E-state index contributed by atoms with van der Waals surface area (Å²) in [6.07, 6.45) is 3.23. The van der Waals surface area contributed by atoms with Crippen LogP contribution in [0, 0.1) is 22.3 Å². The molecule has 47 heavy (non-hydrogen) atoms. The van der Waals surface area contributed by atoms with Gasteiger partial charge in [0.1, 0.15) is 58.3 Å². The Morgan fingerprint density at radius 1 is 1.19 bits per heavy atom. The van der Waals surface area contributed by atoms with Gasteiger partial charge in [-0.15, -0.1) is 5.10 Å². The van der Waals surface area contributed by atoms with Crippen LogP contribution in [0.15, 0.2) is 70.9 Å². The third-order valence-electron chi connectivity index (χ3n) is 8.53. The van der Waals surface area contributed by atoms with Crippen LogP contribution in [0.5, 0.6) is 0 Å². The van der Waals surface area contributed by atoms with Crippen molar-refractivity contribution in [2.75, 3.05) is 24.8 Å². The zero-order chi connectivity index (χ0) is 32.9. The Bertz CT molecular complexity index is 2050. The first-order valence-electron chi connectivity index (χ1n) is 14.6. The zero-order valence-electron chi connectivity index (χ0n) is 24.8. The lowest BCUT2D eigenvalue weighted by molar-refractivity contribution is -0.0325. The summed E-state index contributed by atoms with van der Waals surface area (Å²) >= 11 is 2.14. The third-order valence-corrected chi connectivity index (χ3v) is 9.53. The number of halogens is 3. The third kappa shape index (κ3) is 5.76. The van der Waals surface area contributed by atoms with E-state index >= 15 is 4.39 Å². The second-order valence-electron chi connectivity index (χ2n) is 11.5. The summed E-state index contributed by atoms with van der Waals surface area (Å²) in [6, 6.07) is 10.6. The molecule has 2 fully saturated rings. The number of aromatic amines is 1. The molecule has 0 aliphatic carbocycles. The molecule has 14 nitrogen and oxygen atoms in total. The number of hydrogen-bond acceptors (Lipinski definition) is 10. The van der Waals surface area contributed by atoms with Crippen molar-refractivity contribution in [2.24, 2.45) is 0 Å². The molecule has 0 spiro atoms. The van der Waals surface area contributed by atoms with Crippen LogP contribution in [0.2, 0.25) is 0 Å². The number of H-pyrrole nitrogens is 1. The predicted molar refractivity (Wildman–Crippen MR) is 170 cm³/mol. The van der Waals surface area contributed by atoms with Gasteiger partial charge in [0.15, 0.2) is 0 Å². The second-order valence-corrected chi connectivity index (χ2v) is 12.5. The van der Waals surface area contributed by atoms with Crippen molar-refractivity contribution in [3.63, 3.8) is 0 Å². The summed E-state index contributed by atoms with van der Waals surface area (Å²) in [7, 11) is 0. The maximum absolute atomic E-state index is 15.1. The SMILES string of the molecule is Cc1cn(C2CC(n3nnc(-c4cccc(N5COC(Cn6cncn6)(c6ccc(F)cc6F)C5)c4)c3I)C(CO)O2)c(=O)[nH]c1=O. The van der Waals surface area contributed by atoms with E-state index in [1.165, 1.54) is 35.6 Å². The Kier molecular flexibility index (Phi) is 8.23. The van der Waals surface area contributed by atoms with Crippen LogP contribution < -0.4 is 16.1 Å². The molecular formula is C30H28F2IN9O5. The molecule has 2 N–H and O–H groups in total. The van der Waals surface area contributed by atoms with Gasteiger partial charge in [-0.1, -0.05) is 23.4 Å². The topological polar surface area (TPSA) is 158 Å². The lowest BCUT2D eigenvalue weighted by Crippen LogP contribution is -2.37. The van der Waals surface area contributed by atoms with Crippen LogP contribution in [-0.4, -0.2) is 70.4 Å². The van der Waals surface area contributed by atoms with Crippen LogP contribution in [-0.2, 0) is 21.6 Å². The lowest BCUT2D eigenvalue weighted by atomic mass is 9.92. The van der Waals surface area contributed by atoms with E-state index in [4.69, 9.17) is 9.47 Å². The zero-order valence-corrected chi connectivity index (χ0v) is 27.0. The Hall–Kier alpha value is -4.33. The quantitative estimate of drug-likeness (QED) is 0.225. The van der Waals surface area contributed by atoms with E-state index in [0.29, 0.717) is 21.4 Å². The van der Waals surface area contributed by atoms with Crippen LogP contribution in [0.4, 0.5) is 14.5 Å². The smallest absolute Gasteiger partial charge is 0.330 e. The summed E-state index contributed by atoms with van der Waals surface area (Å²) in [6.45, 7) is 1.79. The highest BCUT2D eigenvalue weighted by molar-refractivity contribution is 14.1. The highest BCUT2D eigenvalue weighted by atomic mass is 127.